The quantitative estimate of drug-likeness (QED) is 0.408. The number of benzene rings is 2. The maximum atomic E-state index is 15.1. The number of hydrogen-bond acceptors (Lipinski definition) is 3. The van der Waals surface area contributed by atoms with Gasteiger partial charge in [0.25, 0.3) is 0 Å². The molecule has 0 spiro atoms. The Hall–Kier alpha value is -2.20. The average Bonchev–Trinajstić information content (AvgIpc) is 3.02. The van der Waals surface area contributed by atoms with E-state index in [2.05, 4.69) is 4.72 Å². The molecule has 0 saturated carbocycles. The molecular weight excluding hydrogens is 418 g/mol. The lowest BCUT2D eigenvalue weighted by Gasteiger charge is -2.26. The van der Waals surface area contributed by atoms with Gasteiger partial charge in [-0.1, -0.05) is 18.2 Å². The van der Waals surface area contributed by atoms with Crippen molar-refractivity contribution in [3.05, 3.63) is 59.4 Å². The lowest BCUT2D eigenvalue weighted by molar-refractivity contribution is -0.118. The van der Waals surface area contributed by atoms with Crippen molar-refractivity contribution in [3.63, 3.8) is 0 Å². The highest BCUT2D eigenvalue weighted by atomic mass is 32.2. The Balaban J connectivity index is 1.87. The molecule has 156 valence electrons. The molecule has 1 heterocycles. The number of carbonyl (C=O) groups is 1. The first-order valence-electron chi connectivity index (χ1n) is 8.63. The highest BCUT2D eigenvalue weighted by Crippen LogP contribution is 2.32. The second-order valence-corrected chi connectivity index (χ2v) is 7.52. The van der Waals surface area contributed by atoms with Gasteiger partial charge in [-0.05, 0) is 36.1 Å². The van der Waals surface area contributed by atoms with Gasteiger partial charge in [0.2, 0.25) is 6.41 Å². The van der Waals surface area contributed by atoms with E-state index in [1.54, 1.807) is 0 Å². The Morgan fingerprint density at radius 3 is 2.45 bits per heavy atom. The molecule has 1 N–H and O–H groups in total. The number of rotatable bonds is 6. The standard InChI is InChI=1S/C19H16F6N2OS/c20-13-6-12(7-14(21)9-13)15-3-1-2-11(18(15)22)8-17-16(4-5-27(17)10-28)26-29-19(23,24)25/h1-3,6-7,9-10,16-17,26H,4-5,8H2. The zero-order valence-corrected chi connectivity index (χ0v) is 15.7. The molecule has 0 aliphatic carbocycles. The van der Waals surface area contributed by atoms with E-state index in [-0.39, 0.29) is 36.1 Å². The van der Waals surface area contributed by atoms with Crippen LogP contribution < -0.4 is 4.72 Å². The van der Waals surface area contributed by atoms with Gasteiger partial charge in [0, 0.05) is 36.2 Å². The minimum absolute atomic E-state index is 0.00261. The Morgan fingerprint density at radius 2 is 1.83 bits per heavy atom. The molecule has 3 rings (SSSR count). The van der Waals surface area contributed by atoms with Gasteiger partial charge in [-0.15, -0.1) is 0 Å². The number of halogens is 6. The molecule has 3 nitrogen and oxygen atoms in total. The van der Waals surface area contributed by atoms with Gasteiger partial charge in [0.05, 0.1) is 6.04 Å². The fourth-order valence-corrected chi connectivity index (χ4v) is 4.00. The van der Waals surface area contributed by atoms with E-state index < -0.39 is 47.0 Å². The molecule has 2 unspecified atom stereocenters. The second-order valence-electron chi connectivity index (χ2n) is 6.61. The molecule has 1 saturated heterocycles. The summed E-state index contributed by atoms with van der Waals surface area (Å²) in [6.07, 6.45) is 0.753. The van der Waals surface area contributed by atoms with E-state index >= 15 is 4.39 Å². The lowest BCUT2D eigenvalue weighted by Crippen LogP contribution is -2.42. The van der Waals surface area contributed by atoms with E-state index in [0.717, 1.165) is 12.1 Å². The zero-order valence-electron chi connectivity index (χ0n) is 14.8. The van der Waals surface area contributed by atoms with Crippen molar-refractivity contribution in [2.24, 2.45) is 0 Å². The highest BCUT2D eigenvalue weighted by Gasteiger charge is 2.37. The summed E-state index contributed by atoms with van der Waals surface area (Å²) in [5, 5.41) is 0. The van der Waals surface area contributed by atoms with E-state index in [9.17, 15) is 26.7 Å². The first-order chi connectivity index (χ1) is 13.7. The van der Waals surface area contributed by atoms with Crippen molar-refractivity contribution < 1.29 is 31.1 Å². The first-order valence-corrected chi connectivity index (χ1v) is 9.45. The predicted molar refractivity (Wildman–Crippen MR) is 97.2 cm³/mol. The summed E-state index contributed by atoms with van der Waals surface area (Å²) in [4.78, 5) is 12.6. The number of likely N-dealkylation sites (tertiary alicyclic amines) is 1. The third-order valence-electron chi connectivity index (χ3n) is 4.73. The van der Waals surface area contributed by atoms with Crippen LogP contribution >= 0.6 is 11.9 Å². The van der Waals surface area contributed by atoms with Crippen LogP contribution in [0.5, 0.6) is 0 Å². The number of hydrogen-bond donors (Lipinski definition) is 1. The van der Waals surface area contributed by atoms with Crippen LogP contribution in [-0.4, -0.2) is 35.4 Å². The van der Waals surface area contributed by atoms with Crippen LogP contribution in [-0.2, 0) is 11.2 Å². The molecule has 1 aliphatic heterocycles. The van der Waals surface area contributed by atoms with E-state index in [1.807, 2.05) is 0 Å². The van der Waals surface area contributed by atoms with Crippen molar-refractivity contribution in [1.29, 1.82) is 0 Å². The van der Waals surface area contributed by atoms with Crippen LogP contribution in [0.4, 0.5) is 26.3 Å². The molecule has 0 radical (unpaired) electrons. The van der Waals surface area contributed by atoms with Gasteiger partial charge in [-0.3, -0.25) is 9.52 Å². The number of carbonyl (C=O) groups excluding carboxylic acids is 1. The van der Waals surface area contributed by atoms with Crippen molar-refractivity contribution in [3.8, 4) is 11.1 Å². The molecule has 1 aliphatic rings. The SMILES string of the molecule is O=CN1CCC(NSC(F)(F)F)C1Cc1cccc(-c2cc(F)cc(F)c2)c1F. The average molecular weight is 434 g/mol. The molecule has 0 bridgehead atoms. The largest absolute Gasteiger partial charge is 0.456 e. The van der Waals surface area contributed by atoms with Gasteiger partial charge in [0.15, 0.2) is 0 Å². The third kappa shape index (κ3) is 5.24. The van der Waals surface area contributed by atoms with Crippen LogP contribution in [0.25, 0.3) is 11.1 Å². The van der Waals surface area contributed by atoms with Gasteiger partial charge >= 0.3 is 5.51 Å². The number of nitrogens with one attached hydrogen (secondary N) is 1. The van der Waals surface area contributed by atoms with Crippen LogP contribution in [0.15, 0.2) is 36.4 Å². The molecule has 10 heteroatoms. The summed E-state index contributed by atoms with van der Waals surface area (Å²) >= 11 is -0.405. The van der Waals surface area contributed by atoms with Crippen LogP contribution in [0, 0.1) is 17.5 Å². The van der Waals surface area contributed by atoms with Crippen LogP contribution in [0.1, 0.15) is 12.0 Å². The van der Waals surface area contributed by atoms with Crippen molar-refractivity contribution in [1.82, 2.24) is 9.62 Å². The number of amides is 1. The molecular formula is C19H16F6N2OS. The fourth-order valence-electron chi connectivity index (χ4n) is 3.44. The summed E-state index contributed by atoms with van der Waals surface area (Å²) in [6.45, 7) is 0.237. The van der Waals surface area contributed by atoms with Gasteiger partial charge in [0.1, 0.15) is 17.5 Å². The van der Waals surface area contributed by atoms with Crippen molar-refractivity contribution in [2.75, 3.05) is 6.54 Å². The third-order valence-corrected chi connectivity index (χ3v) is 5.38. The predicted octanol–water partition coefficient (Wildman–Crippen LogP) is 4.67. The fraction of sp³-hybridized carbons (Fsp3) is 0.316. The zero-order chi connectivity index (χ0) is 21.2. The Morgan fingerprint density at radius 1 is 1.14 bits per heavy atom. The summed E-state index contributed by atoms with van der Waals surface area (Å²) in [6, 6.07) is 5.53. The second kappa shape index (κ2) is 8.66. The van der Waals surface area contributed by atoms with Gasteiger partial charge in [-0.2, -0.15) is 13.2 Å². The van der Waals surface area contributed by atoms with Crippen molar-refractivity contribution >= 4 is 18.4 Å². The maximum Gasteiger partial charge on any atom is 0.456 e. The highest BCUT2D eigenvalue weighted by molar-refractivity contribution is 7.98. The maximum absolute atomic E-state index is 15.1. The minimum Gasteiger partial charge on any atom is -0.340 e. The van der Waals surface area contributed by atoms with E-state index in [0.29, 0.717) is 12.5 Å². The molecule has 1 amide bonds. The first kappa shape index (κ1) is 21.5. The Kier molecular flexibility index (Phi) is 6.42. The number of alkyl halides is 3. The minimum atomic E-state index is -4.49. The van der Waals surface area contributed by atoms with Crippen LogP contribution in [0.2, 0.25) is 0 Å². The Labute approximate surface area is 167 Å². The summed E-state index contributed by atoms with van der Waals surface area (Å²) in [5.41, 5.74) is -4.39. The van der Waals surface area contributed by atoms with E-state index in [1.165, 1.54) is 23.1 Å². The van der Waals surface area contributed by atoms with E-state index in [4.69, 9.17) is 0 Å². The summed E-state index contributed by atoms with van der Waals surface area (Å²) < 4.78 is 81.9. The molecule has 2 atom stereocenters. The lowest BCUT2D eigenvalue weighted by atomic mass is 9.96. The number of nitrogens with zero attached hydrogens (tertiary/aromatic N) is 1. The molecule has 1 fully saturated rings. The molecule has 2 aromatic carbocycles. The molecule has 2 aromatic rings. The molecule has 29 heavy (non-hydrogen) atoms. The Bertz CT molecular complexity index is 871. The van der Waals surface area contributed by atoms with Gasteiger partial charge < -0.3 is 4.90 Å². The topological polar surface area (TPSA) is 32.3 Å². The van der Waals surface area contributed by atoms with Gasteiger partial charge in [-0.25, -0.2) is 13.2 Å². The van der Waals surface area contributed by atoms with Crippen molar-refractivity contribution in [2.45, 2.75) is 30.4 Å². The van der Waals surface area contributed by atoms with Crippen LogP contribution in [0.3, 0.4) is 0 Å². The molecule has 0 aromatic heterocycles. The summed E-state index contributed by atoms with van der Waals surface area (Å²) in [7, 11) is 0. The summed E-state index contributed by atoms with van der Waals surface area (Å²) in [5.74, 6) is -2.46. The monoisotopic (exact) mass is 434 g/mol. The smallest absolute Gasteiger partial charge is 0.340 e. The normalized spacial score (nSPS) is 19.6.